The van der Waals surface area contributed by atoms with Crippen LogP contribution in [-0.2, 0) is 0 Å². The minimum Gasteiger partial charge on any atom is -0.368 e. The quantitative estimate of drug-likeness (QED) is 0.930. The Balaban J connectivity index is 1.64. The smallest absolute Gasteiger partial charge is 0.0639 e. The van der Waals surface area contributed by atoms with E-state index in [-0.39, 0.29) is 5.54 Å². The first-order valence-electron chi connectivity index (χ1n) is 7.59. The van der Waals surface area contributed by atoms with Crippen molar-refractivity contribution < 1.29 is 0 Å². The van der Waals surface area contributed by atoms with Crippen LogP contribution in [0.5, 0.6) is 0 Å². The molecule has 2 N–H and O–H groups in total. The number of benzene rings is 1. The Hall–Kier alpha value is -0.770. The lowest BCUT2D eigenvalue weighted by atomic mass is 9.68. The number of nitrogens with zero attached hydrogens (tertiary/aromatic N) is 2. The first-order chi connectivity index (χ1) is 9.64. The van der Waals surface area contributed by atoms with Crippen LogP contribution in [0.15, 0.2) is 24.3 Å². The molecule has 2 fully saturated rings. The largest absolute Gasteiger partial charge is 0.368 e. The predicted octanol–water partition coefficient (Wildman–Crippen LogP) is 2.59. The molecule has 0 bridgehead atoms. The van der Waals surface area contributed by atoms with Crippen LogP contribution in [0.25, 0.3) is 0 Å². The van der Waals surface area contributed by atoms with Gasteiger partial charge in [-0.05, 0) is 30.9 Å². The normalized spacial score (nSPS) is 31.1. The fraction of sp³-hybridized carbons (Fsp3) is 0.625. The highest BCUT2D eigenvalue weighted by Crippen LogP contribution is 2.42. The van der Waals surface area contributed by atoms with Crippen molar-refractivity contribution >= 4 is 17.3 Å². The summed E-state index contributed by atoms with van der Waals surface area (Å²) < 4.78 is 0. The minimum atomic E-state index is 0.284. The zero-order valence-corrected chi connectivity index (χ0v) is 12.9. The van der Waals surface area contributed by atoms with Crippen molar-refractivity contribution in [2.24, 2.45) is 11.7 Å². The van der Waals surface area contributed by atoms with E-state index in [4.69, 9.17) is 17.3 Å². The van der Waals surface area contributed by atoms with Crippen molar-refractivity contribution in [3.8, 4) is 0 Å². The van der Waals surface area contributed by atoms with E-state index in [2.05, 4.69) is 28.9 Å². The summed E-state index contributed by atoms with van der Waals surface area (Å²) in [5.41, 5.74) is 7.50. The Labute approximate surface area is 126 Å². The average molecular weight is 294 g/mol. The van der Waals surface area contributed by atoms with Gasteiger partial charge in [0.1, 0.15) is 0 Å². The summed E-state index contributed by atoms with van der Waals surface area (Å²) in [6.45, 7) is 7.39. The molecule has 20 heavy (non-hydrogen) atoms. The molecule has 0 unspecified atom stereocenters. The Morgan fingerprint density at radius 2 is 1.85 bits per heavy atom. The lowest BCUT2D eigenvalue weighted by Crippen LogP contribution is -2.65. The van der Waals surface area contributed by atoms with Crippen LogP contribution in [0, 0.1) is 5.92 Å². The van der Waals surface area contributed by atoms with Crippen LogP contribution in [-0.4, -0.2) is 43.2 Å². The van der Waals surface area contributed by atoms with Crippen LogP contribution < -0.4 is 10.6 Å². The summed E-state index contributed by atoms with van der Waals surface area (Å²) in [6.07, 6.45) is 2.52. The van der Waals surface area contributed by atoms with Crippen LogP contribution >= 0.6 is 11.6 Å². The number of anilines is 1. The molecule has 1 saturated heterocycles. The van der Waals surface area contributed by atoms with Crippen LogP contribution in [0.2, 0.25) is 5.02 Å². The molecule has 3 rings (SSSR count). The molecule has 1 aromatic rings. The zero-order valence-electron chi connectivity index (χ0n) is 12.2. The van der Waals surface area contributed by atoms with Gasteiger partial charge in [-0.3, -0.25) is 4.90 Å². The summed E-state index contributed by atoms with van der Waals surface area (Å²) in [5.74, 6) is 0.833. The van der Waals surface area contributed by atoms with E-state index >= 15 is 0 Å². The number of halogens is 1. The number of hydrogen-bond acceptors (Lipinski definition) is 3. The number of rotatable bonds is 3. The number of para-hydroxylation sites is 1. The minimum absolute atomic E-state index is 0.284. The van der Waals surface area contributed by atoms with E-state index in [1.807, 2.05) is 12.1 Å². The molecular weight excluding hydrogens is 270 g/mol. The molecule has 1 aliphatic carbocycles. The summed E-state index contributed by atoms with van der Waals surface area (Å²) in [6, 6.07) is 8.13. The van der Waals surface area contributed by atoms with Crippen molar-refractivity contribution in [1.29, 1.82) is 0 Å². The van der Waals surface area contributed by atoms with Gasteiger partial charge in [-0.2, -0.15) is 0 Å². The van der Waals surface area contributed by atoms with Gasteiger partial charge in [-0.1, -0.05) is 30.7 Å². The van der Waals surface area contributed by atoms with E-state index in [1.165, 1.54) is 12.8 Å². The van der Waals surface area contributed by atoms with Gasteiger partial charge in [0, 0.05) is 38.3 Å². The molecule has 0 radical (unpaired) electrons. The standard InChI is InChI=1S/C16H24ClN3/c1-13-10-16(11-13,12-18)20-8-6-19(7-9-20)15-5-3-2-4-14(15)17/h2-5,13H,6-12,18H2,1H3. The fourth-order valence-electron chi connectivity index (χ4n) is 3.92. The van der Waals surface area contributed by atoms with Crippen LogP contribution in [0.4, 0.5) is 5.69 Å². The highest BCUT2D eigenvalue weighted by molar-refractivity contribution is 6.33. The van der Waals surface area contributed by atoms with Gasteiger partial charge in [0.2, 0.25) is 0 Å². The summed E-state index contributed by atoms with van der Waals surface area (Å²) >= 11 is 6.29. The van der Waals surface area contributed by atoms with Gasteiger partial charge in [0.05, 0.1) is 10.7 Å². The molecule has 0 aromatic heterocycles. The second-order valence-corrected chi connectivity index (χ2v) is 6.77. The van der Waals surface area contributed by atoms with Crippen molar-refractivity contribution in [3.05, 3.63) is 29.3 Å². The second-order valence-electron chi connectivity index (χ2n) is 6.37. The lowest BCUT2D eigenvalue weighted by Gasteiger charge is -2.55. The summed E-state index contributed by atoms with van der Waals surface area (Å²) in [4.78, 5) is 5.01. The first-order valence-corrected chi connectivity index (χ1v) is 7.97. The van der Waals surface area contributed by atoms with Crippen molar-refractivity contribution in [2.75, 3.05) is 37.6 Å². The van der Waals surface area contributed by atoms with Crippen molar-refractivity contribution in [1.82, 2.24) is 4.90 Å². The monoisotopic (exact) mass is 293 g/mol. The van der Waals surface area contributed by atoms with E-state index in [0.29, 0.717) is 0 Å². The van der Waals surface area contributed by atoms with Gasteiger partial charge in [0.15, 0.2) is 0 Å². The lowest BCUT2D eigenvalue weighted by molar-refractivity contribution is -0.0158. The van der Waals surface area contributed by atoms with Gasteiger partial charge in [-0.15, -0.1) is 0 Å². The molecule has 4 heteroatoms. The SMILES string of the molecule is CC1CC(CN)(N2CCN(c3ccccc3Cl)CC2)C1. The molecule has 110 valence electrons. The fourth-order valence-corrected chi connectivity index (χ4v) is 4.18. The average Bonchev–Trinajstić information content (AvgIpc) is 2.44. The van der Waals surface area contributed by atoms with E-state index in [1.54, 1.807) is 0 Å². The molecule has 1 heterocycles. The molecular formula is C16H24ClN3. The molecule has 1 aliphatic heterocycles. The first kappa shape index (κ1) is 14.2. The Kier molecular flexibility index (Phi) is 3.93. The third-order valence-electron chi connectivity index (χ3n) is 4.98. The topological polar surface area (TPSA) is 32.5 Å². The van der Waals surface area contributed by atoms with E-state index in [0.717, 1.165) is 49.4 Å². The molecule has 3 nitrogen and oxygen atoms in total. The highest BCUT2D eigenvalue weighted by Gasteiger charge is 2.46. The molecule has 0 spiro atoms. The highest BCUT2D eigenvalue weighted by atomic mass is 35.5. The predicted molar refractivity (Wildman–Crippen MR) is 85.4 cm³/mol. The molecule has 1 saturated carbocycles. The van der Waals surface area contributed by atoms with Gasteiger partial charge in [-0.25, -0.2) is 0 Å². The van der Waals surface area contributed by atoms with E-state index < -0.39 is 0 Å². The molecule has 1 aromatic carbocycles. The van der Waals surface area contributed by atoms with Crippen molar-refractivity contribution in [3.63, 3.8) is 0 Å². The molecule has 2 aliphatic rings. The zero-order chi connectivity index (χ0) is 14.2. The maximum absolute atomic E-state index is 6.29. The number of hydrogen-bond donors (Lipinski definition) is 1. The van der Waals surface area contributed by atoms with Crippen molar-refractivity contribution in [2.45, 2.75) is 25.3 Å². The van der Waals surface area contributed by atoms with Gasteiger partial charge >= 0.3 is 0 Å². The maximum atomic E-state index is 6.29. The number of piperazine rings is 1. The Morgan fingerprint density at radius 3 is 2.40 bits per heavy atom. The van der Waals surface area contributed by atoms with Gasteiger partial charge in [0.25, 0.3) is 0 Å². The third kappa shape index (κ3) is 2.43. The third-order valence-corrected chi connectivity index (χ3v) is 5.30. The maximum Gasteiger partial charge on any atom is 0.0639 e. The summed E-state index contributed by atoms with van der Waals surface area (Å²) in [7, 11) is 0. The Morgan fingerprint density at radius 1 is 1.20 bits per heavy atom. The van der Waals surface area contributed by atoms with Crippen LogP contribution in [0.3, 0.4) is 0 Å². The second kappa shape index (κ2) is 5.55. The van der Waals surface area contributed by atoms with Crippen LogP contribution in [0.1, 0.15) is 19.8 Å². The van der Waals surface area contributed by atoms with Gasteiger partial charge < -0.3 is 10.6 Å². The Bertz CT molecular complexity index is 463. The van der Waals surface area contributed by atoms with E-state index in [9.17, 15) is 0 Å². The summed E-state index contributed by atoms with van der Waals surface area (Å²) in [5, 5.41) is 0.853. The number of nitrogens with two attached hydrogens (primary N) is 1. The molecule has 0 amide bonds. The molecule has 0 atom stereocenters.